The molecule has 3 saturated heterocycles. The number of carbonyl (C=O) groups is 1. The van der Waals surface area contributed by atoms with Crippen LogP contribution in [-0.4, -0.2) is 104 Å². The van der Waals surface area contributed by atoms with E-state index in [2.05, 4.69) is 19.8 Å². The number of amides is 1. The summed E-state index contributed by atoms with van der Waals surface area (Å²) in [5.74, 6) is 1.77. The van der Waals surface area contributed by atoms with Gasteiger partial charge in [-0.05, 0) is 76.4 Å². The van der Waals surface area contributed by atoms with Crippen LogP contribution >= 0.6 is 0 Å². The number of fused-ring (bicyclic) bond motifs is 1. The Balaban J connectivity index is 0.985. The van der Waals surface area contributed by atoms with Crippen LogP contribution in [0.25, 0.3) is 22.3 Å². The number of hydrogen-bond acceptors (Lipinski definition) is 9. The van der Waals surface area contributed by atoms with Gasteiger partial charge in [0.05, 0.1) is 11.4 Å². The van der Waals surface area contributed by atoms with E-state index < -0.39 is 17.8 Å². The largest absolute Gasteiger partial charge is 0.457 e. The average Bonchev–Trinajstić information content (AvgIpc) is 3.41. The molecule has 248 valence electrons. The molecule has 0 bridgehead atoms. The molecule has 0 spiro atoms. The SMILES string of the molecule is CC(C)(C)OC(=O)N1CC(N2CCC(N3CC[C@H](n4nc(-c5ccc(Oc6ccccc6)cc5)c5c(N)ncnc54)[C@H](F)C3)CC2)C1. The maximum absolute atomic E-state index is 16.1. The summed E-state index contributed by atoms with van der Waals surface area (Å²) in [7, 11) is 0. The van der Waals surface area contributed by atoms with Gasteiger partial charge in [0.2, 0.25) is 0 Å². The maximum Gasteiger partial charge on any atom is 0.410 e. The van der Waals surface area contributed by atoms with E-state index in [0.717, 1.165) is 43.8 Å². The van der Waals surface area contributed by atoms with E-state index in [9.17, 15) is 4.79 Å². The Morgan fingerprint density at radius 2 is 1.55 bits per heavy atom. The Morgan fingerprint density at radius 3 is 2.23 bits per heavy atom. The van der Waals surface area contributed by atoms with Gasteiger partial charge in [-0.1, -0.05) is 18.2 Å². The lowest BCUT2D eigenvalue weighted by atomic mass is 9.95. The number of para-hydroxylation sites is 1. The maximum atomic E-state index is 16.1. The van der Waals surface area contributed by atoms with Crippen molar-refractivity contribution >= 4 is 22.9 Å². The lowest BCUT2D eigenvalue weighted by Crippen LogP contribution is -2.63. The highest BCUT2D eigenvalue weighted by Gasteiger charge is 2.41. The number of aromatic nitrogens is 4. The van der Waals surface area contributed by atoms with Crippen molar-refractivity contribution in [1.29, 1.82) is 0 Å². The molecule has 0 radical (unpaired) electrons. The zero-order valence-electron chi connectivity index (χ0n) is 27.3. The number of carbonyl (C=O) groups excluding carboxylic acids is 1. The minimum absolute atomic E-state index is 0.238. The van der Waals surface area contributed by atoms with Crippen LogP contribution in [0.1, 0.15) is 46.1 Å². The van der Waals surface area contributed by atoms with Crippen LogP contribution in [0.4, 0.5) is 15.0 Å². The van der Waals surface area contributed by atoms with E-state index in [0.29, 0.717) is 66.4 Å². The zero-order valence-corrected chi connectivity index (χ0v) is 27.3. The van der Waals surface area contributed by atoms with Crippen LogP contribution in [0.2, 0.25) is 0 Å². The van der Waals surface area contributed by atoms with E-state index in [1.807, 2.05) is 75.4 Å². The van der Waals surface area contributed by atoms with Crippen molar-refractivity contribution in [3.8, 4) is 22.8 Å². The molecule has 3 aliphatic heterocycles. The summed E-state index contributed by atoms with van der Waals surface area (Å²) in [5, 5.41) is 5.55. The fourth-order valence-corrected chi connectivity index (χ4v) is 7.04. The van der Waals surface area contributed by atoms with Crippen molar-refractivity contribution in [2.45, 2.75) is 69.9 Å². The predicted octanol–water partition coefficient (Wildman–Crippen LogP) is 5.54. The Hall–Kier alpha value is -4.29. The predicted molar refractivity (Wildman–Crippen MR) is 178 cm³/mol. The first-order valence-corrected chi connectivity index (χ1v) is 16.5. The summed E-state index contributed by atoms with van der Waals surface area (Å²) in [6.45, 7) is 10.1. The number of alkyl halides is 1. The number of halogens is 1. The third-order valence-corrected chi connectivity index (χ3v) is 9.52. The first-order valence-electron chi connectivity index (χ1n) is 16.5. The lowest BCUT2D eigenvalue weighted by molar-refractivity contribution is -0.0289. The summed E-state index contributed by atoms with van der Waals surface area (Å²) in [6.07, 6.45) is 2.68. The number of anilines is 1. The number of nitrogens with two attached hydrogens (primary N) is 1. The van der Waals surface area contributed by atoms with Crippen LogP contribution in [0, 0.1) is 0 Å². The summed E-state index contributed by atoms with van der Waals surface area (Å²) < 4.78 is 29.3. The van der Waals surface area contributed by atoms with Crippen LogP contribution in [-0.2, 0) is 4.74 Å². The molecule has 2 aromatic heterocycles. The zero-order chi connectivity index (χ0) is 32.7. The molecule has 0 saturated carbocycles. The molecule has 2 atom stereocenters. The molecule has 5 heterocycles. The molecular formula is C35H43FN8O3. The number of ether oxygens (including phenoxy) is 2. The fourth-order valence-electron chi connectivity index (χ4n) is 7.04. The number of piperidine rings is 2. The first-order chi connectivity index (χ1) is 22.6. The van der Waals surface area contributed by atoms with Crippen molar-refractivity contribution in [2.24, 2.45) is 0 Å². The smallest absolute Gasteiger partial charge is 0.410 e. The molecule has 0 unspecified atom stereocenters. The highest BCUT2D eigenvalue weighted by Crippen LogP contribution is 2.37. The third kappa shape index (κ3) is 6.62. The topological polar surface area (TPSA) is 115 Å². The second-order valence-corrected chi connectivity index (χ2v) is 13.9. The van der Waals surface area contributed by atoms with Gasteiger partial charge >= 0.3 is 6.09 Å². The van der Waals surface area contributed by atoms with E-state index in [4.69, 9.17) is 20.3 Å². The molecule has 3 fully saturated rings. The van der Waals surface area contributed by atoms with Crippen molar-refractivity contribution in [1.82, 2.24) is 34.4 Å². The second kappa shape index (κ2) is 12.7. The highest BCUT2D eigenvalue weighted by atomic mass is 19.1. The summed E-state index contributed by atoms with van der Waals surface area (Å²) in [5.41, 5.74) is 7.88. The van der Waals surface area contributed by atoms with Crippen LogP contribution in [0.5, 0.6) is 11.5 Å². The number of hydrogen-bond donors (Lipinski definition) is 1. The molecule has 2 N–H and O–H groups in total. The molecule has 1 amide bonds. The molecule has 12 heteroatoms. The number of rotatable bonds is 6. The van der Waals surface area contributed by atoms with Crippen molar-refractivity contribution in [3.63, 3.8) is 0 Å². The van der Waals surface area contributed by atoms with Crippen molar-refractivity contribution in [2.75, 3.05) is 45.0 Å². The second-order valence-electron chi connectivity index (χ2n) is 13.9. The Bertz CT molecular complexity index is 1700. The standard InChI is InChI=1S/C35H43FN8O3/c1-35(2,3)47-34(45)43-19-25(20-43)41-16-13-24(14-17-41)42-18-15-29(28(36)21-42)44-33-30(32(37)38-22-39-33)31(40-44)23-9-11-27(12-10-23)46-26-7-5-4-6-8-26/h4-12,22,24-25,28-29H,13-21H2,1-3H3,(H2,37,38,39)/t28-,29+/m1/s1. The van der Waals surface area contributed by atoms with E-state index >= 15 is 4.39 Å². The van der Waals surface area contributed by atoms with Gasteiger partial charge < -0.3 is 20.1 Å². The molecule has 7 rings (SSSR count). The Kier molecular flexibility index (Phi) is 8.48. The van der Waals surface area contributed by atoms with E-state index in [1.165, 1.54) is 6.33 Å². The van der Waals surface area contributed by atoms with Gasteiger partial charge in [-0.15, -0.1) is 0 Å². The van der Waals surface area contributed by atoms with Gasteiger partial charge in [0, 0.05) is 56.9 Å². The fraction of sp³-hybridized carbons (Fsp3) is 0.486. The number of nitrogens with zero attached hydrogens (tertiary/aromatic N) is 7. The van der Waals surface area contributed by atoms with E-state index in [1.54, 1.807) is 9.58 Å². The van der Waals surface area contributed by atoms with Gasteiger partial charge in [-0.2, -0.15) is 5.10 Å². The summed E-state index contributed by atoms with van der Waals surface area (Å²) >= 11 is 0. The highest BCUT2D eigenvalue weighted by molar-refractivity contribution is 5.98. The van der Waals surface area contributed by atoms with Gasteiger partial charge in [0.15, 0.2) is 5.65 Å². The van der Waals surface area contributed by atoms with Gasteiger partial charge in [0.1, 0.15) is 41.1 Å². The lowest BCUT2D eigenvalue weighted by Gasteiger charge is -2.49. The molecule has 2 aromatic carbocycles. The van der Waals surface area contributed by atoms with Crippen LogP contribution in [0.3, 0.4) is 0 Å². The van der Waals surface area contributed by atoms with Gasteiger partial charge in [-0.3, -0.25) is 9.80 Å². The molecule has 4 aromatic rings. The minimum atomic E-state index is -1.11. The van der Waals surface area contributed by atoms with Crippen LogP contribution < -0.4 is 10.5 Å². The van der Waals surface area contributed by atoms with E-state index in [-0.39, 0.29) is 6.09 Å². The van der Waals surface area contributed by atoms with Crippen LogP contribution in [0.15, 0.2) is 60.9 Å². The minimum Gasteiger partial charge on any atom is -0.457 e. The van der Waals surface area contributed by atoms with Gasteiger partial charge in [0.25, 0.3) is 0 Å². The van der Waals surface area contributed by atoms with Crippen molar-refractivity contribution in [3.05, 3.63) is 60.9 Å². The Morgan fingerprint density at radius 1 is 0.872 bits per heavy atom. The molecule has 3 aliphatic rings. The number of likely N-dealkylation sites (tertiary alicyclic amines) is 3. The molecule has 47 heavy (non-hydrogen) atoms. The quantitative estimate of drug-likeness (QED) is 0.290. The first kappa shape index (κ1) is 31.3. The van der Waals surface area contributed by atoms with Gasteiger partial charge in [-0.25, -0.2) is 23.8 Å². The van der Waals surface area contributed by atoms with Crippen molar-refractivity contribution < 1.29 is 18.7 Å². The molecular weight excluding hydrogens is 599 g/mol. The molecule has 11 nitrogen and oxygen atoms in total. The molecule has 0 aliphatic carbocycles. The normalized spacial score (nSPS) is 21.9. The summed E-state index contributed by atoms with van der Waals surface area (Å²) in [4.78, 5) is 27.6. The summed E-state index contributed by atoms with van der Waals surface area (Å²) in [6, 6.07) is 17.5. The number of benzene rings is 2. The number of nitrogen functional groups attached to an aromatic ring is 1. The Labute approximate surface area is 274 Å². The third-order valence-electron chi connectivity index (χ3n) is 9.52. The monoisotopic (exact) mass is 642 g/mol. The average molecular weight is 643 g/mol.